The molecular formula is C10H12BrN. The fraction of sp³-hybridized carbons (Fsp3) is 0.500. The second-order valence-corrected chi connectivity index (χ2v) is 4.51. The summed E-state index contributed by atoms with van der Waals surface area (Å²) in [6.45, 7) is 0. The maximum Gasteiger partial charge on any atom is 0.0570 e. The van der Waals surface area contributed by atoms with E-state index in [0.29, 0.717) is 4.83 Å². The van der Waals surface area contributed by atoms with Crippen molar-refractivity contribution in [3.8, 4) is 0 Å². The van der Waals surface area contributed by atoms with E-state index in [9.17, 15) is 0 Å². The van der Waals surface area contributed by atoms with Crippen LogP contribution in [0.3, 0.4) is 0 Å². The fourth-order valence-electron chi connectivity index (χ4n) is 1.33. The summed E-state index contributed by atoms with van der Waals surface area (Å²) in [5, 5.41) is 0. The summed E-state index contributed by atoms with van der Waals surface area (Å²) in [7, 11) is 0. The van der Waals surface area contributed by atoms with Crippen LogP contribution in [0.25, 0.3) is 0 Å². The van der Waals surface area contributed by atoms with Crippen molar-refractivity contribution in [2.45, 2.75) is 24.1 Å². The highest BCUT2D eigenvalue weighted by Gasteiger charge is 2.25. The van der Waals surface area contributed by atoms with Crippen LogP contribution >= 0.6 is 15.9 Å². The van der Waals surface area contributed by atoms with E-state index in [1.807, 2.05) is 18.3 Å². The average molecular weight is 226 g/mol. The van der Waals surface area contributed by atoms with Gasteiger partial charge in [-0.3, -0.25) is 4.98 Å². The van der Waals surface area contributed by atoms with Crippen LogP contribution < -0.4 is 0 Å². The maximum atomic E-state index is 4.31. The van der Waals surface area contributed by atoms with E-state index in [1.54, 1.807) is 0 Å². The molecule has 0 radical (unpaired) electrons. The Morgan fingerprint density at radius 1 is 1.50 bits per heavy atom. The minimum absolute atomic E-state index is 0.464. The normalized spacial score (nSPS) is 19.1. The predicted octanol–water partition coefficient (Wildman–Crippen LogP) is 3.32. The molecule has 2 heteroatoms. The van der Waals surface area contributed by atoms with Crippen molar-refractivity contribution in [1.82, 2.24) is 4.98 Å². The number of hydrogen-bond donors (Lipinski definition) is 0. The number of aromatic nitrogens is 1. The third kappa shape index (κ3) is 2.07. The molecule has 1 aromatic rings. The first-order valence-electron chi connectivity index (χ1n) is 4.41. The average Bonchev–Trinajstić information content (AvgIpc) is 2.90. The van der Waals surface area contributed by atoms with Gasteiger partial charge < -0.3 is 0 Å². The minimum Gasteiger partial charge on any atom is -0.260 e. The summed E-state index contributed by atoms with van der Waals surface area (Å²) >= 11 is 3.66. The van der Waals surface area contributed by atoms with Gasteiger partial charge in [0.15, 0.2) is 0 Å². The Hall–Kier alpha value is -0.370. The molecule has 0 saturated heterocycles. The summed E-state index contributed by atoms with van der Waals surface area (Å²) in [5.41, 5.74) is 1.17. The highest BCUT2D eigenvalue weighted by Crippen LogP contribution is 2.40. The van der Waals surface area contributed by atoms with Crippen molar-refractivity contribution < 1.29 is 0 Å². The van der Waals surface area contributed by atoms with Gasteiger partial charge in [0.2, 0.25) is 0 Å². The first kappa shape index (κ1) is 8.24. The predicted molar refractivity (Wildman–Crippen MR) is 53.2 cm³/mol. The standard InChI is InChI=1S/C10H12BrN/c11-9(7-8-4-5-8)10-3-1-2-6-12-10/h1-3,6,8-9H,4-5,7H2/t9-/m1/s1. The minimum atomic E-state index is 0.464. The zero-order valence-corrected chi connectivity index (χ0v) is 8.50. The maximum absolute atomic E-state index is 4.31. The molecule has 0 N–H and O–H groups in total. The SMILES string of the molecule is Br[C@H](CC1CC1)c1ccccn1. The summed E-state index contributed by atoms with van der Waals surface area (Å²) < 4.78 is 0. The van der Waals surface area contributed by atoms with Crippen molar-refractivity contribution in [2.24, 2.45) is 5.92 Å². The number of pyridine rings is 1. The highest BCUT2D eigenvalue weighted by molar-refractivity contribution is 9.09. The number of alkyl halides is 1. The molecule has 12 heavy (non-hydrogen) atoms. The Kier molecular flexibility index (Phi) is 2.45. The second-order valence-electron chi connectivity index (χ2n) is 3.40. The largest absolute Gasteiger partial charge is 0.260 e. The molecule has 0 aliphatic heterocycles. The topological polar surface area (TPSA) is 12.9 Å². The first-order chi connectivity index (χ1) is 5.86. The van der Waals surface area contributed by atoms with E-state index in [-0.39, 0.29) is 0 Å². The Balaban J connectivity index is 1.98. The van der Waals surface area contributed by atoms with Crippen LogP contribution in [0.15, 0.2) is 24.4 Å². The van der Waals surface area contributed by atoms with Gasteiger partial charge in [-0.25, -0.2) is 0 Å². The van der Waals surface area contributed by atoms with Gasteiger partial charge in [0.1, 0.15) is 0 Å². The van der Waals surface area contributed by atoms with Gasteiger partial charge in [0, 0.05) is 6.20 Å². The molecule has 0 aromatic carbocycles. The lowest BCUT2D eigenvalue weighted by Crippen LogP contribution is -1.93. The molecule has 0 amide bonds. The van der Waals surface area contributed by atoms with Gasteiger partial charge in [-0.2, -0.15) is 0 Å². The Bertz CT molecular complexity index is 243. The zero-order valence-electron chi connectivity index (χ0n) is 6.91. The van der Waals surface area contributed by atoms with Crippen molar-refractivity contribution in [3.63, 3.8) is 0 Å². The van der Waals surface area contributed by atoms with Crippen LogP contribution in [0.4, 0.5) is 0 Å². The monoisotopic (exact) mass is 225 g/mol. The molecule has 1 saturated carbocycles. The number of halogens is 1. The van der Waals surface area contributed by atoms with Crippen molar-refractivity contribution in [1.29, 1.82) is 0 Å². The Morgan fingerprint density at radius 3 is 2.92 bits per heavy atom. The quantitative estimate of drug-likeness (QED) is 0.720. The fourth-order valence-corrected chi connectivity index (χ4v) is 2.13. The number of rotatable bonds is 3. The van der Waals surface area contributed by atoms with Gasteiger partial charge in [-0.1, -0.05) is 34.8 Å². The van der Waals surface area contributed by atoms with Crippen molar-refractivity contribution >= 4 is 15.9 Å². The van der Waals surface area contributed by atoms with Crippen LogP contribution in [0.5, 0.6) is 0 Å². The van der Waals surface area contributed by atoms with Gasteiger partial charge >= 0.3 is 0 Å². The van der Waals surface area contributed by atoms with E-state index in [0.717, 1.165) is 5.92 Å². The lowest BCUT2D eigenvalue weighted by molar-refractivity contribution is 0.708. The van der Waals surface area contributed by atoms with Gasteiger partial charge in [0.05, 0.1) is 10.5 Å². The molecule has 1 heterocycles. The summed E-state index contributed by atoms with van der Waals surface area (Å²) in [6, 6.07) is 6.09. The Labute approximate surface area is 81.3 Å². The molecule has 1 aromatic heterocycles. The molecule has 0 bridgehead atoms. The van der Waals surface area contributed by atoms with Crippen LogP contribution in [0.1, 0.15) is 29.8 Å². The van der Waals surface area contributed by atoms with Gasteiger partial charge in [-0.15, -0.1) is 0 Å². The van der Waals surface area contributed by atoms with E-state index < -0.39 is 0 Å². The molecule has 1 aliphatic carbocycles. The van der Waals surface area contributed by atoms with E-state index in [4.69, 9.17) is 0 Å². The van der Waals surface area contributed by atoms with Crippen LogP contribution in [0, 0.1) is 5.92 Å². The summed E-state index contributed by atoms with van der Waals surface area (Å²) in [6.07, 6.45) is 5.93. The van der Waals surface area contributed by atoms with E-state index in [1.165, 1.54) is 25.0 Å². The molecule has 0 unspecified atom stereocenters. The molecule has 1 aliphatic rings. The smallest absolute Gasteiger partial charge is 0.0570 e. The van der Waals surface area contributed by atoms with Crippen LogP contribution in [-0.2, 0) is 0 Å². The summed E-state index contributed by atoms with van der Waals surface area (Å²) in [5.74, 6) is 0.955. The molecule has 2 rings (SSSR count). The lowest BCUT2D eigenvalue weighted by atomic mass is 10.1. The first-order valence-corrected chi connectivity index (χ1v) is 5.33. The highest BCUT2D eigenvalue weighted by atomic mass is 79.9. The molecule has 1 atom stereocenters. The number of nitrogens with zero attached hydrogens (tertiary/aromatic N) is 1. The van der Waals surface area contributed by atoms with Crippen molar-refractivity contribution in [3.05, 3.63) is 30.1 Å². The van der Waals surface area contributed by atoms with Gasteiger partial charge in [0.25, 0.3) is 0 Å². The third-order valence-electron chi connectivity index (χ3n) is 2.25. The zero-order chi connectivity index (χ0) is 8.39. The molecular weight excluding hydrogens is 214 g/mol. The molecule has 1 nitrogen and oxygen atoms in total. The van der Waals surface area contributed by atoms with E-state index in [2.05, 4.69) is 27.0 Å². The lowest BCUT2D eigenvalue weighted by Gasteiger charge is -2.06. The number of hydrogen-bond acceptors (Lipinski definition) is 1. The summed E-state index contributed by atoms with van der Waals surface area (Å²) in [4.78, 5) is 4.78. The van der Waals surface area contributed by atoms with Gasteiger partial charge in [-0.05, 0) is 24.5 Å². The van der Waals surface area contributed by atoms with Crippen LogP contribution in [0.2, 0.25) is 0 Å². The third-order valence-corrected chi connectivity index (χ3v) is 3.09. The van der Waals surface area contributed by atoms with Crippen LogP contribution in [-0.4, -0.2) is 4.98 Å². The molecule has 0 spiro atoms. The second kappa shape index (κ2) is 3.56. The van der Waals surface area contributed by atoms with Crippen molar-refractivity contribution in [2.75, 3.05) is 0 Å². The Morgan fingerprint density at radius 2 is 2.33 bits per heavy atom. The molecule has 64 valence electrons. The molecule has 1 fully saturated rings. The van der Waals surface area contributed by atoms with E-state index >= 15 is 0 Å².